The molecule has 2 heterocycles. The second-order valence-electron chi connectivity index (χ2n) is 4.36. The molecule has 0 radical (unpaired) electrons. The largest absolute Gasteiger partial charge is 0.444 e. The summed E-state index contributed by atoms with van der Waals surface area (Å²) >= 11 is 9.03. The molecule has 0 saturated carbocycles. The maximum atomic E-state index is 5.87. The second kappa shape index (κ2) is 6.09. The van der Waals surface area contributed by atoms with Gasteiger partial charge in [-0.05, 0) is 31.2 Å². The summed E-state index contributed by atoms with van der Waals surface area (Å²) in [6.07, 6.45) is 1.68. The number of rotatable bonds is 4. The molecule has 0 aliphatic heterocycles. The predicted octanol–water partition coefficient (Wildman–Crippen LogP) is 4.63. The van der Waals surface area contributed by atoms with Crippen molar-refractivity contribution in [3.05, 3.63) is 46.9 Å². The van der Waals surface area contributed by atoms with Crippen molar-refractivity contribution in [2.75, 3.05) is 5.73 Å². The van der Waals surface area contributed by atoms with Gasteiger partial charge in [0.15, 0.2) is 5.13 Å². The van der Waals surface area contributed by atoms with Gasteiger partial charge in [0.1, 0.15) is 6.26 Å². The number of nitrogens with two attached hydrogens (primary N) is 1. The summed E-state index contributed by atoms with van der Waals surface area (Å²) in [7, 11) is 0. The van der Waals surface area contributed by atoms with E-state index >= 15 is 0 Å². The Labute approximate surface area is 135 Å². The Morgan fingerprint density at radius 3 is 2.71 bits per heavy atom. The molecule has 0 amide bonds. The molecule has 0 bridgehead atoms. The number of anilines is 1. The summed E-state index contributed by atoms with van der Waals surface area (Å²) < 4.78 is 6.62. The molecule has 2 aromatic heterocycles. The number of thiazole rings is 1. The van der Waals surface area contributed by atoms with Gasteiger partial charge < -0.3 is 10.2 Å². The Bertz CT molecular complexity index is 752. The fourth-order valence-electron chi connectivity index (χ4n) is 1.77. The van der Waals surface area contributed by atoms with E-state index in [-0.39, 0.29) is 0 Å². The van der Waals surface area contributed by atoms with Crippen LogP contribution in [0.25, 0.3) is 11.5 Å². The van der Waals surface area contributed by atoms with Gasteiger partial charge in [-0.25, -0.2) is 9.97 Å². The molecular formula is C14H12ClN3OS2. The van der Waals surface area contributed by atoms with E-state index in [9.17, 15) is 0 Å². The van der Waals surface area contributed by atoms with E-state index in [1.807, 2.05) is 31.2 Å². The van der Waals surface area contributed by atoms with Crippen molar-refractivity contribution in [3.63, 3.8) is 0 Å². The van der Waals surface area contributed by atoms with Crippen LogP contribution in [-0.4, -0.2) is 9.97 Å². The van der Waals surface area contributed by atoms with E-state index in [2.05, 4.69) is 9.97 Å². The van der Waals surface area contributed by atoms with Crippen molar-refractivity contribution in [3.8, 4) is 11.5 Å². The number of aryl methyl sites for hydroxylation is 1. The Balaban J connectivity index is 1.70. The fraction of sp³-hybridized carbons (Fsp3) is 0.143. The lowest BCUT2D eigenvalue weighted by molar-refractivity contribution is 0.573. The first kappa shape index (κ1) is 14.4. The molecule has 1 aromatic carbocycles. The lowest BCUT2D eigenvalue weighted by Gasteiger charge is -1.96. The molecule has 108 valence electrons. The number of thioether (sulfide) groups is 1. The molecule has 21 heavy (non-hydrogen) atoms. The summed E-state index contributed by atoms with van der Waals surface area (Å²) in [4.78, 5) is 8.69. The zero-order valence-corrected chi connectivity index (χ0v) is 13.6. The number of nitrogens with zero attached hydrogens (tertiary/aromatic N) is 2. The third-order valence-electron chi connectivity index (χ3n) is 2.76. The van der Waals surface area contributed by atoms with Gasteiger partial charge in [0, 0.05) is 16.3 Å². The number of oxazole rings is 1. The highest BCUT2D eigenvalue weighted by Crippen LogP contribution is 2.33. The smallest absolute Gasteiger partial charge is 0.226 e. The number of benzene rings is 1. The Morgan fingerprint density at radius 2 is 2.05 bits per heavy atom. The third kappa shape index (κ3) is 3.40. The van der Waals surface area contributed by atoms with E-state index in [1.165, 1.54) is 11.3 Å². The molecule has 0 atom stereocenters. The summed E-state index contributed by atoms with van der Waals surface area (Å²) in [5.74, 6) is 1.32. The zero-order chi connectivity index (χ0) is 14.8. The first-order chi connectivity index (χ1) is 10.1. The molecule has 3 rings (SSSR count). The van der Waals surface area contributed by atoms with Crippen LogP contribution in [-0.2, 0) is 5.75 Å². The van der Waals surface area contributed by atoms with Crippen LogP contribution in [0.15, 0.2) is 39.2 Å². The number of nitrogen functional groups attached to an aromatic ring is 1. The van der Waals surface area contributed by atoms with Gasteiger partial charge in [0.2, 0.25) is 5.89 Å². The maximum absolute atomic E-state index is 5.87. The molecule has 4 nitrogen and oxygen atoms in total. The van der Waals surface area contributed by atoms with Gasteiger partial charge in [-0.1, -0.05) is 22.9 Å². The number of halogens is 1. The topological polar surface area (TPSA) is 64.9 Å². The van der Waals surface area contributed by atoms with Gasteiger partial charge in [-0.3, -0.25) is 0 Å². The lowest BCUT2D eigenvalue weighted by atomic mass is 10.2. The molecule has 3 aromatic rings. The zero-order valence-electron chi connectivity index (χ0n) is 11.2. The molecule has 0 aliphatic rings. The van der Waals surface area contributed by atoms with Gasteiger partial charge >= 0.3 is 0 Å². The van der Waals surface area contributed by atoms with E-state index in [0.717, 1.165) is 26.9 Å². The first-order valence-corrected chi connectivity index (χ1v) is 8.36. The van der Waals surface area contributed by atoms with Crippen molar-refractivity contribution in [1.82, 2.24) is 9.97 Å². The van der Waals surface area contributed by atoms with Crippen LogP contribution in [0.1, 0.15) is 11.4 Å². The number of hydrogen-bond donors (Lipinski definition) is 1. The van der Waals surface area contributed by atoms with Crippen molar-refractivity contribution < 1.29 is 4.42 Å². The number of hydrogen-bond acceptors (Lipinski definition) is 6. The highest BCUT2D eigenvalue weighted by Gasteiger charge is 2.10. The Morgan fingerprint density at radius 1 is 1.29 bits per heavy atom. The molecule has 0 spiro atoms. The van der Waals surface area contributed by atoms with Crippen molar-refractivity contribution >= 4 is 39.8 Å². The standard InChI is InChI=1S/C14H12ClN3OS2/c1-8-13(21-14(16)17-8)20-7-11-6-19-12(18-11)9-2-4-10(15)5-3-9/h2-6H,7H2,1H3,(H2,16,17). The minimum absolute atomic E-state index is 0.594. The average Bonchev–Trinajstić information content (AvgIpc) is 3.04. The van der Waals surface area contributed by atoms with Gasteiger partial charge in [0.25, 0.3) is 0 Å². The molecular weight excluding hydrogens is 326 g/mol. The lowest BCUT2D eigenvalue weighted by Crippen LogP contribution is -1.82. The fourth-order valence-corrected chi connectivity index (χ4v) is 3.80. The van der Waals surface area contributed by atoms with Crippen LogP contribution in [0.3, 0.4) is 0 Å². The molecule has 0 fully saturated rings. The Hall–Kier alpha value is -1.50. The third-order valence-corrected chi connectivity index (χ3v) is 5.40. The second-order valence-corrected chi connectivity index (χ2v) is 7.08. The van der Waals surface area contributed by atoms with Crippen LogP contribution >= 0.6 is 34.7 Å². The SMILES string of the molecule is Cc1nc(N)sc1SCc1coc(-c2ccc(Cl)cc2)n1. The highest BCUT2D eigenvalue weighted by atomic mass is 35.5. The molecule has 0 aliphatic carbocycles. The van der Waals surface area contributed by atoms with Gasteiger partial charge in [-0.15, -0.1) is 11.8 Å². The number of aromatic nitrogens is 2. The van der Waals surface area contributed by atoms with Crippen LogP contribution in [0.2, 0.25) is 5.02 Å². The summed E-state index contributed by atoms with van der Waals surface area (Å²) in [5, 5.41) is 1.29. The average molecular weight is 338 g/mol. The minimum atomic E-state index is 0.594. The molecule has 7 heteroatoms. The first-order valence-electron chi connectivity index (χ1n) is 6.18. The van der Waals surface area contributed by atoms with E-state index in [1.54, 1.807) is 18.0 Å². The quantitative estimate of drug-likeness (QED) is 0.703. The molecule has 2 N–H and O–H groups in total. The van der Waals surface area contributed by atoms with E-state index in [0.29, 0.717) is 16.0 Å². The monoisotopic (exact) mass is 337 g/mol. The Kier molecular flexibility index (Phi) is 4.19. The van der Waals surface area contributed by atoms with Crippen molar-refractivity contribution in [2.24, 2.45) is 0 Å². The van der Waals surface area contributed by atoms with Crippen LogP contribution in [0, 0.1) is 6.92 Å². The van der Waals surface area contributed by atoms with E-state index in [4.69, 9.17) is 21.8 Å². The van der Waals surface area contributed by atoms with Gasteiger partial charge in [-0.2, -0.15) is 0 Å². The van der Waals surface area contributed by atoms with E-state index < -0.39 is 0 Å². The van der Waals surface area contributed by atoms with Crippen molar-refractivity contribution in [1.29, 1.82) is 0 Å². The summed E-state index contributed by atoms with van der Waals surface area (Å²) in [6.45, 7) is 1.96. The molecule has 0 saturated heterocycles. The van der Waals surface area contributed by atoms with Crippen molar-refractivity contribution in [2.45, 2.75) is 16.9 Å². The molecule has 0 unspecified atom stereocenters. The van der Waals surface area contributed by atoms with Gasteiger partial charge in [0.05, 0.1) is 15.6 Å². The predicted molar refractivity (Wildman–Crippen MR) is 87.8 cm³/mol. The minimum Gasteiger partial charge on any atom is -0.444 e. The van der Waals surface area contributed by atoms with Crippen LogP contribution in [0.4, 0.5) is 5.13 Å². The summed E-state index contributed by atoms with van der Waals surface area (Å²) in [6, 6.07) is 7.41. The van der Waals surface area contributed by atoms with Crippen LogP contribution in [0.5, 0.6) is 0 Å². The maximum Gasteiger partial charge on any atom is 0.226 e. The highest BCUT2D eigenvalue weighted by molar-refractivity contribution is 8.00. The van der Waals surface area contributed by atoms with Crippen LogP contribution < -0.4 is 5.73 Å². The normalized spacial score (nSPS) is 11.0. The summed E-state index contributed by atoms with van der Waals surface area (Å²) in [5.41, 5.74) is 8.45.